The predicted octanol–water partition coefficient (Wildman–Crippen LogP) is 5.47. The van der Waals surface area contributed by atoms with Crippen LogP contribution in [0.3, 0.4) is 0 Å². The molecular formula is C34H39N3O4S. The Balaban J connectivity index is 1.80. The van der Waals surface area contributed by atoms with E-state index in [1.54, 1.807) is 12.1 Å². The lowest BCUT2D eigenvalue weighted by Crippen LogP contribution is -2.56. The number of benzene rings is 4. The number of hydrogen-bond donors (Lipinski definition) is 1. The van der Waals surface area contributed by atoms with Gasteiger partial charge in [0.05, 0.1) is 11.9 Å². The molecule has 0 heterocycles. The van der Waals surface area contributed by atoms with Crippen LogP contribution in [0.5, 0.6) is 0 Å². The summed E-state index contributed by atoms with van der Waals surface area (Å²) in [6.45, 7) is 7.33. The average Bonchev–Trinajstić information content (AvgIpc) is 2.92. The summed E-state index contributed by atoms with van der Waals surface area (Å²) < 4.78 is 27.5. The number of sulfonamides is 1. The highest BCUT2D eigenvalue weighted by Crippen LogP contribution is 2.29. The van der Waals surface area contributed by atoms with Gasteiger partial charge in [0.25, 0.3) is 0 Å². The minimum atomic E-state index is -3.87. The fourth-order valence-corrected chi connectivity index (χ4v) is 5.90. The van der Waals surface area contributed by atoms with Crippen molar-refractivity contribution in [3.8, 4) is 0 Å². The van der Waals surface area contributed by atoms with E-state index in [-0.39, 0.29) is 18.9 Å². The van der Waals surface area contributed by atoms with E-state index >= 15 is 0 Å². The molecule has 0 aliphatic rings. The van der Waals surface area contributed by atoms with E-state index in [9.17, 15) is 18.0 Å². The fraction of sp³-hybridized carbons (Fsp3) is 0.294. The van der Waals surface area contributed by atoms with Crippen LogP contribution < -0.4 is 9.62 Å². The van der Waals surface area contributed by atoms with Crippen molar-refractivity contribution in [3.63, 3.8) is 0 Å². The molecule has 1 atom stereocenters. The van der Waals surface area contributed by atoms with Crippen molar-refractivity contribution in [2.75, 3.05) is 17.1 Å². The van der Waals surface area contributed by atoms with Gasteiger partial charge >= 0.3 is 0 Å². The molecule has 42 heavy (non-hydrogen) atoms. The number of nitrogens with zero attached hydrogens (tertiary/aromatic N) is 2. The molecule has 0 aliphatic carbocycles. The van der Waals surface area contributed by atoms with Gasteiger partial charge in [0.1, 0.15) is 12.6 Å². The van der Waals surface area contributed by atoms with Crippen molar-refractivity contribution in [1.29, 1.82) is 0 Å². The molecular weight excluding hydrogens is 546 g/mol. The summed E-state index contributed by atoms with van der Waals surface area (Å²) in [6, 6.07) is 29.3. The maximum absolute atomic E-state index is 14.3. The first kappa shape index (κ1) is 30.8. The first-order valence-corrected chi connectivity index (χ1v) is 15.8. The van der Waals surface area contributed by atoms with Crippen LogP contribution in [0.1, 0.15) is 37.5 Å². The van der Waals surface area contributed by atoms with Crippen LogP contribution >= 0.6 is 0 Å². The van der Waals surface area contributed by atoms with Crippen molar-refractivity contribution in [3.05, 3.63) is 114 Å². The zero-order valence-electron chi connectivity index (χ0n) is 24.9. The zero-order chi connectivity index (χ0) is 30.5. The van der Waals surface area contributed by atoms with Crippen LogP contribution in [-0.4, -0.2) is 49.5 Å². The summed E-state index contributed by atoms with van der Waals surface area (Å²) in [7, 11) is -3.87. The summed E-state index contributed by atoms with van der Waals surface area (Å²) in [4.78, 5) is 29.7. The highest BCUT2D eigenvalue weighted by atomic mass is 32.2. The Kier molecular flexibility index (Phi) is 9.36. The predicted molar refractivity (Wildman–Crippen MR) is 170 cm³/mol. The third-order valence-corrected chi connectivity index (χ3v) is 8.05. The third-order valence-electron chi connectivity index (χ3n) is 6.92. The maximum atomic E-state index is 14.3. The normalized spacial score (nSPS) is 12.5. The smallest absolute Gasteiger partial charge is 0.244 e. The summed E-state index contributed by atoms with van der Waals surface area (Å²) in [5.74, 6) is -0.775. The SMILES string of the molecule is Cc1cccc(CN(C(=O)CN(c2cccc3ccccc23)S(C)(=O)=O)[C@@H](Cc2ccccc2)C(=O)NC(C)(C)C)c1. The number of aryl methyl sites for hydroxylation is 1. The van der Waals surface area contributed by atoms with Crippen LogP contribution in [0.2, 0.25) is 0 Å². The Labute approximate surface area is 249 Å². The van der Waals surface area contributed by atoms with Gasteiger partial charge in [0.2, 0.25) is 21.8 Å². The zero-order valence-corrected chi connectivity index (χ0v) is 25.7. The highest BCUT2D eigenvalue weighted by Gasteiger charge is 2.34. The molecule has 0 spiro atoms. The quantitative estimate of drug-likeness (QED) is 0.268. The van der Waals surface area contributed by atoms with Crippen molar-refractivity contribution >= 4 is 38.3 Å². The third kappa shape index (κ3) is 7.97. The highest BCUT2D eigenvalue weighted by molar-refractivity contribution is 7.92. The van der Waals surface area contributed by atoms with Gasteiger partial charge in [-0.15, -0.1) is 0 Å². The second kappa shape index (κ2) is 12.8. The molecule has 0 aliphatic heterocycles. The topological polar surface area (TPSA) is 86.8 Å². The van der Waals surface area contributed by atoms with Crippen molar-refractivity contribution in [2.45, 2.75) is 52.2 Å². The van der Waals surface area contributed by atoms with Gasteiger partial charge in [-0.3, -0.25) is 13.9 Å². The molecule has 8 heteroatoms. The van der Waals surface area contributed by atoms with E-state index in [0.29, 0.717) is 5.69 Å². The average molecular weight is 586 g/mol. The molecule has 2 amide bonds. The van der Waals surface area contributed by atoms with Crippen LogP contribution in [0.4, 0.5) is 5.69 Å². The molecule has 4 aromatic carbocycles. The van der Waals surface area contributed by atoms with Crippen molar-refractivity contribution < 1.29 is 18.0 Å². The molecule has 4 aromatic rings. The molecule has 4 rings (SSSR count). The molecule has 0 radical (unpaired) electrons. The first-order valence-electron chi connectivity index (χ1n) is 14.0. The molecule has 7 nitrogen and oxygen atoms in total. The minimum Gasteiger partial charge on any atom is -0.350 e. The monoisotopic (exact) mass is 585 g/mol. The fourth-order valence-electron chi connectivity index (χ4n) is 5.03. The standard InChI is InChI=1S/C34H39N3O4S/c1-25-13-11-16-27(21-25)23-36(31(33(39)35-34(2,3)4)22-26-14-7-6-8-15-26)32(38)24-37(42(5,40)41)30-20-12-18-28-17-9-10-19-29(28)30/h6-21,31H,22-24H2,1-5H3,(H,35,39)/t31-/m0/s1. The number of amides is 2. The lowest BCUT2D eigenvalue weighted by molar-refractivity contribution is -0.140. The Morgan fingerprint density at radius 1 is 0.833 bits per heavy atom. The van der Waals surface area contributed by atoms with E-state index in [2.05, 4.69) is 5.32 Å². The molecule has 0 bridgehead atoms. The summed E-state index contributed by atoms with van der Waals surface area (Å²) in [5, 5.41) is 4.62. The molecule has 0 unspecified atom stereocenters. The van der Waals surface area contributed by atoms with Crippen molar-refractivity contribution in [1.82, 2.24) is 10.2 Å². The molecule has 0 aromatic heterocycles. The van der Waals surface area contributed by atoms with E-state index < -0.39 is 34.1 Å². The lowest BCUT2D eigenvalue weighted by Gasteiger charge is -2.35. The number of fused-ring (bicyclic) bond motifs is 1. The largest absolute Gasteiger partial charge is 0.350 e. The summed E-state index contributed by atoms with van der Waals surface area (Å²) >= 11 is 0. The Bertz CT molecular complexity index is 1660. The van der Waals surface area contributed by atoms with Gasteiger partial charge in [-0.2, -0.15) is 0 Å². The molecule has 1 N–H and O–H groups in total. The van der Waals surface area contributed by atoms with Gasteiger partial charge < -0.3 is 10.2 Å². The number of anilines is 1. The van der Waals surface area contributed by atoms with Crippen LogP contribution in [0.25, 0.3) is 10.8 Å². The minimum absolute atomic E-state index is 0.142. The Morgan fingerprint density at radius 3 is 2.12 bits per heavy atom. The van der Waals surface area contributed by atoms with E-state index in [4.69, 9.17) is 0 Å². The van der Waals surface area contributed by atoms with E-state index in [0.717, 1.165) is 38.0 Å². The van der Waals surface area contributed by atoms with Crippen LogP contribution in [0.15, 0.2) is 97.1 Å². The van der Waals surface area contributed by atoms with Gasteiger partial charge in [-0.25, -0.2) is 8.42 Å². The second-order valence-electron chi connectivity index (χ2n) is 11.7. The number of rotatable bonds is 10. The second-order valence-corrected chi connectivity index (χ2v) is 13.6. The van der Waals surface area contributed by atoms with E-state index in [1.807, 2.05) is 113 Å². The van der Waals surface area contributed by atoms with E-state index in [1.165, 1.54) is 4.90 Å². The number of carbonyl (C=O) groups is 2. The number of carbonyl (C=O) groups excluding carboxylic acids is 2. The van der Waals surface area contributed by atoms with Crippen molar-refractivity contribution in [2.24, 2.45) is 0 Å². The molecule has 220 valence electrons. The molecule has 0 saturated heterocycles. The summed E-state index contributed by atoms with van der Waals surface area (Å²) in [6.07, 6.45) is 1.37. The number of nitrogens with one attached hydrogen (secondary N) is 1. The van der Waals surface area contributed by atoms with Crippen LogP contribution in [0, 0.1) is 6.92 Å². The van der Waals surface area contributed by atoms with Gasteiger partial charge in [0, 0.05) is 23.9 Å². The first-order chi connectivity index (χ1) is 19.8. The lowest BCUT2D eigenvalue weighted by atomic mass is 10.0. The Hall–Kier alpha value is -4.17. The summed E-state index contributed by atoms with van der Waals surface area (Å²) in [5.41, 5.74) is 2.64. The number of hydrogen-bond acceptors (Lipinski definition) is 4. The van der Waals surface area contributed by atoms with Gasteiger partial charge in [-0.1, -0.05) is 96.6 Å². The van der Waals surface area contributed by atoms with Crippen LogP contribution in [-0.2, 0) is 32.6 Å². The van der Waals surface area contributed by atoms with Gasteiger partial charge in [-0.05, 0) is 50.3 Å². The maximum Gasteiger partial charge on any atom is 0.244 e. The Morgan fingerprint density at radius 2 is 1.45 bits per heavy atom. The van der Waals surface area contributed by atoms with Gasteiger partial charge in [0.15, 0.2) is 0 Å². The molecule has 0 saturated carbocycles. The molecule has 0 fully saturated rings.